The minimum Gasteiger partial charge on any atom is -0.494 e. The zero-order chi connectivity index (χ0) is 17.4. The van der Waals surface area contributed by atoms with Crippen molar-refractivity contribution in [2.24, 2.45) is 0 Å². The fourth-order valence-corrected chi connectivity index (χ4v) is 2.38. The molecule has 122 valence electrons. The number of ether oxygens (including phenoxy) is 2. The molecule has 3 rings (SSSR count). The van der Waals surface area contributed by atoms with E-state index < -0.39 is 11.9 Å². The number of methoxy groups -OCH3 is 2. The Kier molecular flexibility index (Phi) is 3.64. The third-order valence-electron chi connectivity index (χ3n) is 3.51. The van der Waals surface area contributed by atoms with Gasteiger partial charge in [-0.2, -0.15) is 0 Å². The number of hydrogen-bond donors (Lipinski definition) is 2. The van der Waals surface area contributed by atoms with Gasteiger partial charge in [-0.15, -0.1) is 0 Å². The molecule has 0 spiro atoms. The molecule has 0 unspecified atom stereocenters. The van der Waals surface area contributed by atoms with Crippen LogP contribution in [0.3, 0.4) is 0 Å². The first-order valence-corrected chi connectivity index (χ1v) is 6.78. The van der Waals surface area contributed by atoms with Crippen LogP contribution >= 0.6 is 0 Å². The summed E-state index contributed by atoms with van der Waals surface area (Å²) in [5.74, 6) is -1.75. The number of aromatic nitrogens is 2. The minimum absolute atomic E-state index is 0.00523. The lowest BCUT2D eigenvalue weighted by Crippen LogP contribution is -2.02. The van der Waals surface area contributed by atoms with Crippen LogP contribution in [0.5, 0.6) is 11.5 Å². The van der Waals surface area contributed by atoms with E-state index in [9.17, 15) is 19.8 Å². The lowest BCUT2D eigenvalue weighted by Gasteiger charge is -2.10. The summed E-state index contributed by atoms with van der Waals surface area (Å²) in [6.07, 6.45) is 0. The van der Waals surface area contributed by atoms with Crippen LogP contribution in [-0.4, -0.2) is 46.3 Å². The van der Waals surface area contributed by atoms with Gasteiger partial charge in [-0.25, -0.2) is 19.6 Å². The minimum atomic E-state index is -1.13. The van der Waals surface area contributed by atoms with Gasteiger partial charge in [0.25, 0.3) is 0 Å². The first kappa shape index (κ1) is 15.5. The summed E-state index contributed by atoms with van der Waals surface area (Å²) < 4.78 is 10.4. The summed E-state index contributed by atoms with van der Waals surface area (Å²) in [5.41, 5.74) is 1.27. The molecule has 2 N–H and O–H groups in total. The predicted octanol–water partition coefficient (Wildman–Crippen LogP) is 2.20. The van der Waals surface area contributed by atoms with E-state index in [0.717, 1.165) is 0 Å². The number of hydrogen-bond acceptors (Lipinski definition) is 6. The molecule has 0 saturated carbocycles. The quantitative estimate of drug-likeness (QED) is 0.700. The Balaban J connectivity index is 2.42. The predicted molar refractivity (Wildman–Crippen MR) is 84.1 cm³/mol. The highest BCUT2D eigenvalue weighted by Crippen LogP contribution is 2.31. The number of aromatic carboxylic acids is 2. The fraction of sp³-hybridized carbons (Fsp3) is 0.125. The highest BCUT2D eigenvalue weighted by molar-refractivity contribution is 6.00. The van der Waals surface area contributed by atoms with Gasteiger partial charge in [-0.05, 0) is 24.3 Å². The van der Waals surface area contributed by atoms with Crippen LogP contribution in [0.2, 0.25) is 0 Å². The molecule has 8 heteroatoms. The van der Waals surface area contributed by atoms with Crippen molar-refractivity contribution in [2.75, 3.05) is 14.2 Å². The molecule has 2 aromatic carbocycles. The summed E-state index contributed by atoms with van der Waals surface area (Å²) in [5, 5.41) is 18.4. The van der Waals surface area contributed by atoms with Crippen LogP contribution in [0, 0.1) is 0 Å². The van der Waals surface area contributed by atoms with E-state index >= 15 is 0 Å². The molecule has 0 amide bonds. The summed E-state index contributed by atoms with van der Waals surface area (Å²) >= 11 is 0. The number of benzene rings is 2. The second-order valence-electron chi connectivity index (χ2n) is 4.93. The van der Waals surface area contributed by atoms with E-state index in [2.05, 4.69) is 9.97 Å². The number of rotatable bonds is 4. The highest BCUT2D eigenvalue weighted by atomic mass is 16.5. The van der Waals surface area contributed by atoms with Gasteiger partial charge in [0.05, 0.1) is 36.4 Å². The Bertz CT molecular complexity index is 922. The largest absolute Gasteiger partial charge is 0.494 e. The van der Waals surface area contributed by atoms with E-state index in [0.29, 0.717) is 11.0 Å². The average molecular weight is 328 g/mol. The van der Waals surface area contributed by atoms with Gasteiger partial charge in [0, 0.05) is 0 Å². The molecular formula is C16H12N2O6. The Hall–Kier alpha value is -3.42. The maximum atomic E-state index is 11.2. The van der Waals surface area contributed by atoms with Crippen LogP contribution in [0.15, 0.2) is 24.3 Å². The molecule has 0 aliphatic rings. The van der Waals surface area contributed by atoms with Gasteiger partial charge >= 0.3 is 11.9 Å². The topological polar surface area (TPSA) is 119 Å². The van der Waals surface area contributed by atoms with Crippen LogP contribution in [0.25, 0.3) is 22.1 Å². The summed E-state index contributed by atoms with van der Waals surface area (Å²) in [7, 11) is 2.80. The Morgan fingerprint density at radius 3 is 1.54 bits per heavy atom. The number of carboxylic acids is 2. The van der Waals surface area contributed by atoms with Gasteiger partial charge in [-0.1, -0.05) is 0 Å². The second kappa shape index (κ2) is 5.65. The van der Waals surface area contributed by atoms with Crippen molar-refractivity contribution in [3.63, 3.8) is 0 Å². The molecule has 0 radical (unpaired) electrons. The number of carboxylic acid groups (broad SMARTS) is 2. The molecule has 0 aliphatic carbocycles. The maximum Gasteiger partial charge on any atom is 0.335 e. The van der Waals surface area contributed by atoms with Gasteiger partial charge in [0.1, 0.15) is 22.5 Å². The average Bonchev–Trinajstić information content (AvgIpc) is 2.57. The van der Waals surface area contributed by atoms with Crippen molar-refractivity contribution < 1.29 is 29.3 Å². The van der Waals surface area contributed by atoms with E-state index in [1.54, 1.807) is 0 Å². The van der Waals surface area contributed by atoms with Crippen molar-refractivity contribution in [2.45, 2.75) is 0 Å². The van der Waals surface area contributed by atoms with Gasteiger partial charge in [-0.3, -0.25) is 0 Å². The molecule has 24 heavy (non-hydrogen) atoms. The van der Waals surface area contributed by atoms with E-state index in [1.165, 1.54) is 38.5 Å². The Morgan fingerprint density at radius 2 is 1.21 bits per heavy atom. The molecule has 1 aromatic heterocycles. The normalized spacial score (nSPS) is 10.8. The number of carbonyl (C=O) groups is 2. The van der Waals surface area contributed by atoms with Crippen LogP contribution < -0.4 is 9.47 Å². The van der Waals surface area contributed by atoms with E-state index in [4.69, 9.17) is 9.47 Å². The van der Waals surface area contributed by atoms with Gasteiger partial charge in [0.15, 0.2) is 0 Å². The number of nitrogens with zero attached hydrogens (tertiary/aromatic N) is 2. The highest BCUT2D eigenvalue weighted by Gasteiger charge is 2.17. The van der Waals surface area contributed by atoms with Gasteiger partial charge in [0.2, 0.25) is 0 Å². The Labute approximate surface area is 135 Å². The van der Waals surface area contributed by atoms with Crippen molar-refractivity contribution in [3.8, 4) is 11.5 Å². The van der Waals surface area contributed by atoms with Crippen molar-refractivity contribution in [3.05, 3.63) is 35.4 Å². The second-order valence-corrected chi connectivity index (χ2v) is 4.93. The van der Waals surface area contributed by atoms with Gasteiger partial charge < -0.3 is 19.7 Å². The van der Waals surface area contributed by atoms with Crippen molar-refractivity contribution >= 4 is 34.0 Å². The standard InChI is InChI=1S/C16H12N2O6/c1-23-11-5-7(15(19)20)3-9-13(11)18-14-10(17-9)4-8(16(21)22)6-12(14)24-2/h3-6H,1-2H3,(H,19,20)(H,21,22). The lowest BCUT2D eigenvalue weighted by atomic mass is 10.1. The molecular weight excluding hydrogens is 316 g/mol. The molecule has 3 aromatic rings. The van der Waals surface area contributed by atoms with Crippen molar-refractivity contribution in [1.82, 2.24) is 9.97 Å². The third-order valence-corrected chi connectivity index (χ3v) is 3.51. The zero-order valence-electron chi connectivity index (χ0n) is 12.7. The van der Waals surface area contributed by atoms with E-state index in [-0.39, 0.29) is 33.7 Å². The first-order valence-electron chi connectivity index (χ1n) is 6.78. The molecule has 1 heterocycles. The molecule has 0 bridgehead atoms. The first-order chi connectivity index (χ1) is 11.4. The van der Waals surface area contributed by atoms with Crippen LogP contribution in [0.1, 0.15) is 20.7 Å². The lowest BCUT2D eigenvalue weighted by molar-refractivity contribution is 0.0686. The monoisotopic (exact) mass is 328 g/mol. The van der Waals surface area contributed by atoms with Crippen molar-refractivity contribution in [1.29, 1.82) is 0 Å². The number of fused-ring (bicyclic) bond motifs is 2. The maximum absolute atomic E-state index is 11.2. The SMILES string of the molecule is COc1cc(C(=O)O)cc2nc3cc(C(=O)O)cc(OC)c3nc12. The Morgan fingerprint density at radius 1 is 0.792 bits per heavy atom. The molecule has 0 saturated heterocycles. The zero-order valence-corrected chi connectivity index (χ0v) is 12.7. The van der Waals surface area contributed by atoms with E-state index in [1.807, 2.05) is 0 Å². The summed E-state index contributed by atoms with van der Waals surface area (Å²) in [6.45, 7) is 0. The summed E-state index contributed by atoms with van der Waals surface area (Å²) in [4.78, 5) is 31.2. The fourth-order valence-electron chi connectivity index (χ4n) is 2.38. The molecule has 0 atom stereocenters. The third kappa shape index (κ3) is 2.43. The molecule has 8 nitrogen and oxygen atoms in total. The van der Waals surface area contributed by atoms with Crippen LogP contribution in [-0.2, 0) is 0 Å². The summed E-state index contributed by atoms with van der Waals surface area (Å²) in [6, 6.07) is 5.41. The smallest absolute Gasteiger partial charge is 0.335 e. The van der Waals surface area contributed by atoms with Crippen LogP contribution in [0.4, 0.5) is 0 Å². The molecule has 0 fully saturated rings. The molecule has 0 aliphatic heterocycles.